The van der Waals surface area contributed by atoms with Crippen molar-refractivity contribution in [2.24, 2.45) is 0 Å². The highest BCUT2D eigenvalue weighted by Gasteiger charge is 2.16. The summed E-state index contributed by atoms with van der Waals surface area (Å²) in [6.07, 6.45) is 0. The summed E-state index contributed by atoms with van der Waals surface area (Å²) in [6, 6.07) is 9.18. The van der Waals surface area contributed by atoms with E-state index in [9.17, 15) is 4.79 Å². The number of anilines is 3. The maximum absolute atomic E-state index is 12.7. The number of nitrogens with zero attached hydrogens (tertiary/aromatic N) is 1. The fourth-order valence-corrected chi connectivity index (χ4v) is 3.32. The molecule has 0 aromatic heterocycles. The summed E-state index contributed by atoms with van der Waals surface area (Å²) < 4.78 is 17.1. The molecule has 0 aliphatic heterocycles. The number of hydrogen-bond acceptors (Lipinski definition) is 5. The van der Waals surface area contributed by atoms with Gasteiger partial charge in [-0.1, -0.05) is 0 Å². The van der Waals surface area contributed by atoms with E-state index in [1.54, 1.807) is 12.1 Å². The van der Waals surface area contributed by atoms with Crippen molar-refractivity contribution >= 4 is 23.1 Å². The van der Waals surface area contributed by atoms with Crippen LogP contribution in [0.1, 0.15) is 40.2 Å². The third kappa shape index (κ3) is 6.44. The van der Waals surface area contributed by atoms with Crippen molar-refractivity contribution in [2.75, 3.05) is 48.4 Å². The molecule has 2 rings (SSSR count). The first-order chi connectivity index (χ1) is 15.0. The Kier molecular flexibility index (Phi) is 9.31. The Morgan fingerprint density at radius 2 is 1.42 bits per heavy atom. The van der Waals surface area contributed by atoms with Crippen molar-refractivity contribution in [3.8, 4) is 17.2 Å². The highest BCUT2D eigenvalue weighted by Crippen LogP contribution is 2.40. The monoisotopic (exact) mass is 429 g/mol. The summed E-state index contributed by atoms with van der Waals surface area (Å²) in [5.41, 5.74) is 3.46. The second kappa shape index (κ2) is 11.9. The third-order valence-corrected chi connectivity index (χ3v) is 4.75. The molecule has 0 aliphatic rings. The Morgan fingerprint density at radius 3 is 1.90 bits per heavy atom. The van der Waals surface area contributed by atoms with Gasteiger partial charge in [0.25, 0.3) is 0 Å². The van der Waals surface area contributed by atoms with Gasteiger partial charge in [-0.2, -0.15) is 0 Å². The summed E-state index contributed by atoms with van der Waals surface area (Å²) >= 11 is 0. The van der Waals surface area contributed by atoms with Gasteiger partial charge in [-0.25, -0.2) is 4.79 Å². The zero-order chi connectivity index (χ0) is 22.8. The Labute approximate surface area is 185 Å². The lowest BCUT2D eigenvalue weighted by atomic mass is 10.1. The van der Waals surface area contributed by atoms with Gasteiger partial charge in [0.05, 0.1) is 25.5 Å². The van der Waals surface area contributed by atoms with Gasteiger partial charge in [0.15, 0.2) is 11.5 Å². The molecule has 2 aromatic rings. The van der Waals surface area contributed by atoms with Crippen molar-refractivity contribution in [2.45, 2.75) is 41.5 Å². The Morgan fingerprint density at radius 1 is 0.839 bits per heavy atom. The minimum atomic E-state index is -0.340. The van der Waals surface area contributed by atoms with Crippen LogP contribution in [0, 0.1) is 6.92 Å². The maximum atomic E-state index is 12.7. The molecule has 0 heterocycles. The van der Waals surface area contributed by atoms with Gasteiger partial charge in [-0.15, -0.1) is 0 Å². The first-order valence-electron chi connectivity index (χ1n) is 11.0. The Balaban J connectivity index is 2.21. The number of carbonyl (C=O) groups is 1. The molecule has 7 nitrogen and oxygen atoms in total. The average Bonchev–Trinajstić information content (AvgIpc) is 2.73. The van der Waals surface area contributed by atoms with Gasteiger partial charge in [-0.05, 0) is 65.3 Å². The van der Waals surface area contributed by atoms with Gasteiger partial charge in [0, 0.05) is 36.6 Å². The highest BCUT2D eigenvalue weighted by atomic mass is 16.5. The van der Waals surface area contributed by atoms with Gasteiger partial charge >= 0.3 is 6.03 Å². The lowest BCUT2D eigenvalue weighted by Gasteiger charge is -2.22. The molecule has 0 saturated heterocycles. The number of rotatable bonds is 11. The maximum Gasteiger partial charge on any atom is 0.323 e. The smallest absolute Gasteiger partial charge is 0.323 e. The molecule has 170 valence electrons. The van der Waals surface area contributed by atoms with E-state index in [1.807, 2.05) is 39.8 Å². The van der Waals surface area contributed by atoms with Crippen LogP contribution in [0.5, 0.6) is 17.2 Å². The van der Waals surface area contributed by atoms with Crippen LogP contribution in [0.25, 0.3) is 0 Å². The Bertz CT molecular complexity index is 839. The topological polar surface area (TPSA) is 72.1 Å². The number of hydrogen-bond donors (Lipinski definition) is 2. The molecule has 7 heteroatoms. The zero-order valence-electron chi connectivity index (χ0n) is 19.5. The number of urea groups is 1. The van der Waals surface area contributed by atoms with E-state index in [2.05, 4.69) is 35.4 Å². The van der Waals surface area contributed by atoms with Crippen LogP contribution in [0.3, 0.4) is 0 Å². The van der Waals surface area contributed by atoms with Crippen LogP contribution >= 0.6 is 0 Å². The van der Waals surface area contributed by atoms with Gasteiger partial charge in [0.2, 0.25) is 5.75 Å². The molecule has 2 N–H and O–H groups in total. The number of benzene rings is 2. The van der Waals surface area contributed by atoms with Gasteiger partial charge in [0.1, 0.15) is 0 Å². The third-order valence-electron chi connectivity index (χ3n) is 4.75. The number of nitrogens with one attached hydrogen (secondary N) is 2. The molecule has 2 amide bonds. The van der Waals surface area contributed by atoms with Gasteiger partial charge in [-0.3, -0.25) is 0 Å². The molecule has 0 radical (unpaired) electrons. The first kappa shape index (κ1) is 24.2. The molecule has 0 fully saturated rings. The molecular formula is C24H35N3O4. The fourth-order valence-electron chi connectivity index (χ4n) is 3.32. The number of ether oxygens (including phenoxy) is 3. The normalized spacial score (nSPS) is 10.4. The number of aryl methyl sites for hydroxylation is 1. The minimum Gasteiger partial charge on any atom is -0.490 e. The van der Waals surface area contributed by atoms with E-state index in [-0.39, 0.29) is 6.03 Å². The van der Waals surface area contributed by atoms with Crippen molar-refractivity contribution in [3.63, 3.8) is 0 Å². The summed E-state index contributed by atoms with van der Waals surface area (Å²) in [7, 11) is 0. The second-order valence-electron chi connectivity index (χ2n) is 6.85. The van der Waals surface area contributed by atoms with Crippen molar-refractivity contribution < 1.29 is 19.0 Å². The lowest BCUT2D eigenvalue weighted by Crippen LogP contribution is -2.22. The minimum absolute atomic E-state index is 0.340. The highest BCUT2D eigenvalue weighted by molar-refractivity contribution is 6.00. The van der Waals surface area contributed by atoms with E-state index in [1.165, 1.54) is 0 Å². The van der Waals surface area contributed by atoms with Crippen LogP contribution in [-0.2, 0) is 0 Å². The second-order valence-corrected chi connectivity index (χ2v) is 6.85. The van der Waals surface area contributed by atoms with Crippen LogP contribution in [0.2, 0.25) is 0 Å². The van der Waals surface area contributed by atoms with Crippen LogP contribution in [0.4, 0.5) is 21.9 Å². The summed E-state index contributed by atoms with van der Waals surface area (Å²) in [6.45, 7) is 15.2. The van der Waals surface area contributed by atoms with Crippen LogP contribution < -0.4 is 29.7 Å². The summed E-state index contributed by atoms with van der Waals surface area (Å²) in [5, 5.41) is 5.79. The molecule has 0 bridgehead atoms. The van der Waals surface area contributed by atoms with E-state index >= 15 is 0 Å². The quantitative estimate of drug-likeness (QED) is 0.481. The van der Waals surface area contributed by atoms with Crippen molar-refractivity contribution in [1.29, 1.82) is 0 Å². The van der Waals surface area contributed by atoms with E-state index in [0.29, 0.717) is 42.8 Å². The largest absolute Gasteiger partial charge is 0.490 e. The van der Waals surface area contributed by atoms with E-state index in [4.69, 9.17) is 14.2 Å². The van der Waals surface area contributed by atoms with Gasteiger partial charge < -0.3 is 29.7 Å². The summed E-state index contributed by atoms with van der Waals surface area (Å²) in [5.74, 6) is 1.61. The number of amides is 2. The predicted molar refractivity (Wildman–Crippen MR) is 127 cm³/mol. The molecule has 2 aromatic carbocycles. The SMILES string of the molecule is CCOc1cc(NC(=O)Nc2ccc(N(CC)CC)cc2C)cc(OCC)c1OCC. The first-order valence-corrected chi connectivity index (χ1v) is 11.0. The van der Waals surface area contributed by atoms with E-state index in [0.717, 1.165) is 30.0 Å². The lowest BCUT2D eigenvalue weighted by molar-refractivity contribution is 0.260. The number of carbonyl (C=O) groups excluding carboxylic acids is 1. The van der Waals surface area contributed by atoms with Crippen molar-refractivity contribution in [3.05, 3.63) is 35.9 Å². The Hall–Kier alpha value is -3.09. The molecule has 0 atom stereocenters. The predicted octanol–water partition coefficient (Wildman–Crippen LogP) is 5.68. The standard InChI is InChI=1S/C24H35N3O4/c1-7-27(8-2)19-12-13-20(17(6)14-19)26-24(28)25-18-15-21(29-9-3)23(31-11-5)22(16-18)30-10-4/h12-16H,7-11H2,1-6H3,(H2,25,26,28). The fraction of sp³-hybridized carbons (Fsp3) is 0.458. The molecule has 0 spiro atoms. The molecule has 0 aliphatic carbocycles. The molecular weight excluding hydrogens is 394 g/mol. The van der Waals surface area contributed by atoms with Crippen LogP contribution in [0.15, 0.2) is 30.3 Å². The molecule has 31 heavy (non-hydrogen) atoms. The molecule has 0 saturated carbocycles. The molecule has 0 unspecified atom stereocenters. The van der Waals surface area contributed by atoms with E-state index < -0.39 is 0 Å². The summed E-state index contributed by atoms with van der Waals surface area (Å²) in [4.78, 5) is 14.9. The average molecular weight is 430 g/mol. The van der Waals surface area contributed by atoms with Crippen molar-refractivity contribution in [1.82, 2.24) is 0 Å². The van der Waals surface area contributed by atoms with Crippen LogP contribution in [-0.4, -0.2) is 38.9 Å². The zero-order valence-corrected chi connectivity index (χ0v) is 19.5.